The SMILES string of the molecule is Cc1c(-c2cc(-c3ccc(CC(C)(C)C)s3)c(C(F)(F)F)c[n+]2C)cc(C(C)(C)C)c2ccccc12. The van der Waals surface area contributed by atoms with Crippen molar-refractivity contribution in [3.8, 4) is 21.7 Å². The molecule has 0 aliphatic heterocycles. The van der Waals surface area contributed by atoms with E-state index in [0.29, 0.717) is 4.88 Å². The number of hydrogen-bond acceptors (Lipinski definition) is 1. The first-order chi connectivity index (χ1) is 16.6. The number of nitrogens with zero attached hydrogens (tertiary/aromatic N) is 1. The largest absolute Gasteiger partial charge is 0.422 e. The molecule has 0 saturated heterocycles. The number of benzene rings is 2. The van der Waals surface area contributed by atoms with Gasteiger partial charge in [0.1, 0.15) is 12.6 Å². The van der Waals surface area contributed by atoms with Crippen molar-refractivity contribution < 1.29 is 17.7 Å². The molecule has 36 heavy (non-hydrogen) atoms. The number of fused-ring (bicyclic) bond motifs is 1. The number of pyridine rings is 1. The van der Waals surface area contributed by atoms with Crippen LogP contribution in [-0.2, 0) is 25.1 Å². The summed E-state index contributed by atoms with van der Waals surface area (Å²) in [6.45, 7) is 15.0. The van der Waals surface area contributed by atoms with E-state index in [1.54, 1.807) is 17.7 Å². The van der Waals surface area contributed by atoms with Crippen LogP contribution in [0.2, 0.25) is 0 Å². The molecule has 0 radical (unpaired) electrons. The van der Waals surface area contributed by atoms with Crippen LogP contribution in [0.25, 0.3) is 32.5 Å². The zero-order valence-electron chi connectivity index (χ0n) is 22.4. The maximum Gasteiger partial charge on any atom is 0.422 e. The Labute approximate surface area is 216 Å². The van der Waals surface area contributed by atoms with Crippen molar-refractivity contribution in [2.45, 2.75) is 66.5 Å². The smallest absolute Gasteiger partial charge is 0.200 e. The predicted molar refractivity (Wildman–Crippen MR) is 145 cm³/mol. The van der Waals surface area contributed by atoms with Gasteiger partial charge in [0.25, 0.3) is 0 Å². The Balaban J connectivity index is 2.00. The summed E-state index contributed by atoms with van der Waals surface area (Å²) < 4.78 is 44.3. The Hall–Kier alpha value is -2.66. The van der Waals surface area contributed by atoms with Crippen molar-refractivity contribution in [2.75, 3.05) is 0 Å². The third kappa shape index (κ3) is 5.22. The van der Waals surface area contributed by atoms with Gasteiger partial charge >= 0.3 is 6.18 Å². The molecule has 2 aromatic carbocycles. The molecule has 2 aromatic heterocycles. The summed E-state index contributed by atoms with van der Waals surface area (Å²) in [4.78, 5) is 1.75. The summed E-state index contributed by atoms with van der Waals surface area (Å²) in [6.07, 6.45) is -2.38. The van der Waals surface area contributed by atoms with E-state index in [1.807, 2.05) is 24.3 Å². The molecule has 0 aliphatic rings. The van der Waals surface area contributed by atoms with Gasteiger partial charge in [0.2, 0.25) is 5.69 Å². The Morgan fingerprint density at radius 3 is 2.03 bits per heavy atom. The minimum Gasteiger partial charge on any atom is -0.200 e. The molecule has 1 nitrogen and oxygen atoms in total. The monoisotopic (exact) mass is 510 g/mol. The van der Waals surface area contributed by atoms with Crippen molar-refractivity contribution >= 4 is 22.1 Å². The van der Waals surface area contributed by atoms with Gasteiger partial charge in [-0.05, 0) is 64.3 Å². The second-order valence-electron chi connectivity index (χ2n) is 12.0. The molecule has 4 aromatic rings. The molecule has 0 bridgehead atoms. The molecular formula is C31H35F3NS+. The van der Waals surface area contributed by atoms with Crippen LogP contribution in [-0.4, -0.2) is 0 Å². The Bertz CT molecular complexity index is 1430. The van der Waals surface area contributed by atoms with E-state index in [4.69, 9.17) is 0 Å². The van der Waals surface area contributed by atoms with E-state index in [2.05, 4.69) is 66.7 Å². The lowest BCUT2D eigenvalue weighted by molar-refractivity contribution is -0.661. The van der Waals surface area contributed by atoms with E-state index in [-0.39, 0.29) is 16.4 Å². The van der Waals surface area contributed by atoms with Crippen LogP contribution in [0.5, 0.6) is 0 Å². The third-order valence-electron chi connectivity index (χ3n) is 6.61. The lowest BCUT2D eigenvalue weighted by Gasteiger charge is -2.24. The maximum atomic E-state index is 14.2. The molecule has 0 spiro atoms. The quantitative estimate of drug-likeness (QED) is 0.242. The topological polar surface area (TPSA) is 3.88 Å². The highest BCUT2D eigenvalue weighted by molar-refractivity contribution is 7.15. The molecule has 0 aliphatic carbocycles. The summed E-state index contributed by atoms with van der Waals surface area (Å²) >= 11 is 1.46. The summed E-state index contributed by atoms with van der Waals surface area (Å²) in [5.41, 5.74) is 3.57. The first-order valence-corrected chi connectivity index (χ1v) is 13.1. The average Bonchev–Trinajstić information content (AvgIpc) is 3.19. The van der Waals surface area contributed by atoms with E-state index in [0.717, 1.165) is 33.5 Å². The van der Waals surface area contributed by atoms with E-state index < -0.39 is 11.7 Å². The number of aromatic nitrogens is 1. The van der Waals surface area contributed by atoms with E-state index in [1.165, 1.54) is 28.5 Å². The maximum absolute atomic E-state index is 14.2. The number of alkyl halides is 3. The average molecular weight is 511 g/mol. The first-order valence-electron chi connectivity index (χ1n) is 12.3. The van der Waals surface area contributed by atoms with Crippen molar-refractivity contribution in [3.63, 3.8) is 0 Å². The Morgan fingerprint density at radius 1 is 0.806 bits per heavy atom. The van der Waals surface area contributed by atoms with Gasteiger partial charge in [-0.2, -0.15) is 13.2 Å². The molecule has 0 amide bonds. The number of hydrogen-bond donors (Lipinski definition) is 0. The van der Waals surface area contributed by atoms with Crippen molar-refractivity contribution in [1.82, 2.24) is 0 Å². The second kappa shape index (κ2) is 9.02. The minimum absolute atomic E-state index is 0.0643. The highest BCUT2D eigenvalue weighted by Crippen LogP contribution is 2.43. The predicted octanol–water partition coefficient (Wildman–Crippen LogP) is 9.27. The van der Waals surface area contributed by atoms with Crippen LogP contribution < -0.4 is 4.57 Å². The third-order valence-corrected chi connectivity index (χ3v) is 7.73. The van der Waals surface area contributed by atoms with Gasteiger partial charge < -0.3 is 0 Å². The molecule has 0 unspecified atom stereocenters. The molecule has 2 heterocycles. The summed E-state index contributed by atoms with van der Waals surface area (Å²) in [7, 11) is 1.71. The second-order valence-corrected chi connectivity index (χ2v) is 13.2. The van der Waals surface area contributed by atoms with Crippen LogP contribution in [0.3, 0.4) is 0 Å². The molecule has 0 atom stereocenters. The number of thiophene rings is 1. The van der Waals surface area contributed by atoms with Crippen LogP contribution in [0.15, 0.2) is 54.7 Å². The van der Waals surface area contributed by atoms with Gasteiger partial charge in [-0.3, -0.25) is 0 Å². The summed E-state index contributed by atoms with van der Waals surface area (Å²) in [6, 6.07) is 16.0. The summed E-state index contributed by atoms with van der Waals surface area (Å²) in [5, 5.41) is 2.32. The summed E-state index contributed by atoms with van der Waals surface area (Å²) in [5.74, 6) is 0. The molecule has 5 heteroatoms. The van der Waals surface area contributed by atoms with Gasteiger partial charge in [-0.15, -0.1) is 11.3 Å². The van der Waals surface area contributed by atoms with Gasteiger partial charge in [-0.25, -0.2) is 4.57 Å². The Kier molecular flexibility index (Phi) is 6.62. The highest BCUT2D eigenvalue weighted by atomic mass is 32.1. The van der Waals surface area contributed by atoms with Crippen LogP contribution in [0, 0.1) is 12.3 Å². The molecule has 0 fully saturated rings. The standard InChI is InChI=1S/C31H35F3NS/c1-19-21-11-9-10-12-22(21)25(30(5,6)7)15-23(19)27-16-24(26(18-35(27)8)31(32,33)34)28-14-13-20(36-28)17-29(2,3)4/h9-16,18H,17H2,1-8H3/q+1. The van der Waals surface area contributed by atoms with Gasteiger partial charge in [0, 0.05) is 26.9 Å². The normalized spacial score (nSPS) is 13.0. The molecule has 190 valence electrons. The molecule has 4 rings (SSSR count). The number of aryl methyl sites for hydroxylation is 2. The molecular weight excluding hydrogens is 475 g/mol. The fourth-order valence-electron chi connectivity index (χ4n) is 4.89. The number of halogens is 3. The van der Waals surface area contributed by atoms with Crippen molar-refractivity contribution in [2.24, 2.45) is 12.5 Å². The van der Waals surface area contributed by atoms with Gasteiger partial charge in [-0.1, -0.05) is 65.8 Å². The fraction of sp³-hybridized carbons (Fsp3) is 0.387. The van der Waals surface area contributed by atoms with Gasteiger partial charge in [0.15, 0.2) is 6.20 Å². The van der Waals surface area contributed by atoms with Crippen molar-refractivity contribution in [3.05, 3.63) is 76.3 Å². The lowest BCUT2D eigenvalue weighted by atomic mass is 9.80. The van der Waals surface area contributed by atoms with Crippen LogP contribution in [0.4, 0.5) is 13.2 Å². The number of rotatable bonds is 3. The Morgan fingerprint density at radius 2 is 1.44 bits per heavy atom. The van der Waals surface area contributed by atoms with E-state index in [9.17, 15) is 13.2 Å². The fourth-order valence-corrected chi connectivity index (χ4v) is 6.23. The van der Waals surface area contributed by atoms with Crippen LogP contribution >= 0.6 is 11.3 Å². The first kappa shape index (κ1) is 26.4. The van der Waals surface area contributed by atoms with Crippen molar-refractivity contribution in [1.29, 1.82) is 0 Å². The van der Waals surface area contributed by atoms with Gasteiger partial charge in [0.05, 0.1) is 0 Å². The highest BCUT2D eigenvalue weighted by Gasteiger charge is 2.38. The molecule has 0 saturated carbocycles. The minimum atomic E-state index is -4.45. The molecule has 0 N–H and O–H groups in total. The van der Waals surface area contributed by atoms with E-state index >= 15 is 0 Å². The zero-order chi connectivity index (χ0) is 26.6. The van der Waals surface area contributed by atoms with Crippen LogP contribution in [0.1, 0.15) is 63.1 Å². The zero-order valence-corrected chi connectivity index (χ0v) is 23.2. The lowest BCUT2D eigenvalue weighted by Crippen LogP contribution is -2.33.